The highest BCUT2D eigenvalue weighted by molar-refractivity contribution is 8.19. The first-order valence-corrected chi connectivity index (χ1v) is 15.3. The zero-order valence-electron chi connectivity index (χ0n) is 16.8. The lowest BCUT2D eigenvalue weighted by Crippen LogP contribution is -2.27. The summed E-state index contributed by atoms with van der Waals surface area (Å²) in [6, 6.07) is 0. The Morgan fingerprint density at radius 3 is 0.923 bits per heavy atom. The quantitative estimate of drug-likeness (QED) is 0.375. The summed E-state index contributed by atoms with van der Waals surface area (Å²) >= 11 is 9.33. The fourth-order valence-electron chi connectivity index (χ4n) is 4.70. The molecule has 152 valence electrons. The van der Waals surface area contributed by atoms with Crippen LogP contribution in [-0.2, 0) is 0 Å². The van der Waals surface area contributed by atoms with Gasteiger partial charge in [0.25, 0.3) is 0 Å². The molecule has 0 radical (unpaired) electrons. The summed E-state index contributed by atoms with van der Waals surface area (Å²) in [5.74, 6) is 5.68. The lowest BCUT2D eigenvalue weighted by Gasteiger charge is -2.38. The fraction of sp³-hybridized carbons (Fsp3) is 1.00. The van der Waals surface area contributed by atoms with Crippen LogP contribution in [0.15, 0.2) is 0 Å². The van der Waals surface area contributed by atoms with Gasteiger partial charge >= 0.3 is 0 Å². The monoisotopic (exact) mass is 432 g/mol. The summed E-state index contributed by atoms with van der Waals surface area (Å²) in [6.45, 7) is 0. The Kier molecular flexibility index (Phi) is 10.3. The first kappa shape index (κ1) is 22.1. The summed E-state index contributed by atoms with van der Waals surface area (Å²) in [6.07, 6.45) is 23.6. The molecule has 4 heteroatoms. The largest absolute Gasteiger partial charge is 0.144 e. The van der Waals surface area contributed by atoms with Crippen LogP contribution in [0.2, 0.25) is 0 Å². The van der Waals surface area contributed by atoms with Crippen LogP contribution < -0.4 is 0 Å². The van der Waals surface area contributed by atoms with Gasteiger partial charge in [0.2, 0.25) is 0 Å². The average molecular weight is 433 g/mol. The number of rotatable bonds is 0. The molecule has 0 aromatic carbocycles. The van der Waals surface area contributed by atoms with Crippen LogP contribution in [-0.4, -0.2) is 31.2 Å². The minimum absolute atomic E-state index is 0.593. The Morgan fingerprint density at radius 2 is 0.577 bits per heavy atom. The Morgan fingerprint density at radius 1 is 0.308 bits per heavy atom. The van der Waals surface area contributed by atoms with E-state index in [9.17, 15) is 0 Å². The molecule has 1 saturated carbocycles. The zero-order chi connectivity index (χ0) is 18.0. The van der Waals surface area contributed by atoms with Gasteiger partial charge in [-0.25, -0.2) is 0 Å². The lowest BCUT2D eigenvalue weighted by molar-refractivity contribution is 0.492. The van der Waals surface area contributed by atoms with Crippen LogP contribution >= 0.6 is 47.0 Å². The predicted molar refractivity (Wildman–Crippen MR) is 129 cm³/mol. The molecular weight excluding hydrogens is 393 g/mol. The topological polar surface area (TPSA) is 0 Å². The van der Waals surface area contributed by atoms with Crippen molar-refractivity contribution in [2.45, 2.75) is 111 Å². The third-order valence-electron chi connectivity index (χ3n) is 6.27. The van der Waals surface area contributed by atoms with Gasteiger partial charge < -0.3 is 0 Å². The van der Waals surface area contributed by atoms with Crippen molar-refractivity contribution in [3.8, 4) is 0 Å². The van der Waals surface area contributed by atoms with Crippen molar-refractivity contribution >= 4 is 47.0 Å². The molecule has 0 unspecified atom stereocenters. The van der Waals surface area contributed by atoms with Gasteiger partial charge in [0, 0.05) is 0 Å². The molecule has 3 fully saturated rings. The highest BCUT2D eigenvalue weighted by Gasteiger charge is 2.35. The van der Waals surface area contributed by atoms with Gasteiger partial charge in [-0.15, -0.1) is 47.0 Å². The van der Waals surface area contributed by atoms with Gasteiger partial charge in [0.1, 0.15) is 0 Å². The molecule has 2 spiro atoms. The Bertz CT molecular complexity index is 336. The first-order valence-electron chi connectivity index (χ1n) is 11.4. The van der Waals surface area contributed by atoms with Crippen molar-refractivity contribution < 1.29 is 0 Å². The molecule has 0 bridgehead atoms. The Labute approximate surface area is 180 Å². The first-order chi connectivity index (χ1) is 12.8. The van der Waals surface area contributed by atoms with E-state index in [0.717, 1.165) is 0 Å². The van der Waals surface area contributed by atoms with Gasteiger partial charge in [0.15, 0.2) is 0 Å². The van der Waals surface area contributed by atoms with Crippen LogP contribution in [0.4, 0.5) is 0 Å². The second kappa shape index (κ2) is 12.2. The molecule has 0 amide bonds. The van der Waals surface area contributed by atoms with Crippen LogP contribution in [0.5, 0.6) is 0 Å². The van der Waals surface area contributed by atoms with E-state index in [2.05, 4.69) is 47.0 Å². The third-order valence-corrected chi connectivity index (χ3v) is 13.4. The van der Waals surface area contributed by atoms with Crippen molar-refractivity contribution in [3.63, 3.8) is 0 Å². The van der Waals surface area contributed by atoms with Crippen molar-refractivity contribution in [1.82, 2.24) is 0 Å². The van der Waals surface area contributed by atoms with Gasteiger partial charge in [-0.2, -0.15) is 0 Å². The van der Waals surface area contributed by atoms with Gasteiger partial charge in [-0.1, -0.05) is 64.2 Å². The molecule has 2 heterocycles. The van der Waals surface area contributed by atoms with Crippen LogP contribution in [0.25, 0.3) is 0 Å². The maximum atomic E-state index is 2.33. The van der Waals surface area contributed by atoms with Crippen LogP contribution in [0.3, 0.4) is 0 Å². The highest BCUT2D eigenvalue weighted by atomic mass is 32.2. The van der Waals surface area contributed by atoms with E-state index < -0.39 is 0 Å². The molecule has 3 rings (SSSR count). The Balaban J connectivity index is 1.55. The normalized spacial score (nSPS) is 29.5. The van der Waals surface area contributed by atoms with E-state index in [0.29, 0.717) is 8.16 Å². The number of hydrogen-bond acceptors (Lipinski definition) is 4. The minimum atomic E-state index is 0.593. The van der Waals surface area contributed by atoms with E-state index in [1.165, 1.54) is 126 Å². The molecule has 26 heavy (non-hydrogen) atoms. The van der Waals surface area contributed by atoms with E-state index in [-0.39, 0.29) is 0 Å². The molecule has 0 atom stereocenters. The van der Waals surface area contributed by atoms with Crippen LogP contribution in [0, 0.1) is 0 Å². The molecular formula is C22H40S4. The van der Waals surface area contributed by atoms with Gasteiger partial charge in [-0.05, 0) is 61.5 Å². The predicted octanol–water partition coefficient (Wildman–Crippen LogP) is 8.59. The maximum Gasteiger partial charge on any atom is 0.0611 e. The lowest BCUT2D eigenvalue weighted by atomic mass is 10.00. The molecule has 1 aliphatic carbocycles. The maximum absolute atomic E-state index is 2.33. The van der Waals surface area contributed by atoms with Crippen molar-refractivity contribution in [2.75, 3.05) is 23.0 Å². The highest BCUT2D eigenvalue weighted by Crippen LogP contribution is 2.51. The smallest absolute Gasteiger partial charge is 0.0611 e. The van der Waals surface area contributed by atoms with Crippen molar-refractivity contribution in [3.05, 3.63) is 0 Å². The molecule has 0 aromatic heterocycles. The average Bonchev–Trinajstić information content (AvgIpc) is 2.68. The molecule has 0 N–H and O–H groups in total. The van der Waals surface area contributed by atoms with E-state index in [1.54, 1.807) is 0 Å². The summed E-state index contributed by atoms with van der Waals surface area (Å²) in [4.78, 5) is 0. The summed E-state index contributed by atoms with van der Waals surface area (Å²) in [5.41, 5.74) is 0. The zero-order valence-corrected chi connectivity index (χ0v) is 20.0. The van der Waals surface area contributed by atoms with Gasteiger partial charge in [-0.3, -0.25) is 0 Å². The summed E-state index contributed by atoms with van der Waals surface area (Å²) < 4.78 is 1.19. The van der Waals surface area contributed by atoms with E-state index in [4.69, 9.17) is 0 Å². The summed E-state index contributed by atoms with van der Waals surface area (Å²) in [5, 5.41) is 0. The standard InChI is InChI=1S/C22H40S4/c1-2-4-6-8-14-22(25-19-12-20-26-22)16-10-9-15-21(13-7-5-3-1)23-17-11-18-24-21/h1-20H2. The van der Waals surface area contributed by atoms with Crippen LogP contribution in [0.1, 0.15) is 103 Å². The Hall–Kier alpha value is 1.40. The van der Waals surface area contributed by atoms with Crippen molar-refractivity contribution in [2.24, 2.45) is 0 Å². The fourth-order valence-corrected chi connectivity index (χ4v) is 11.7. The van der Waals surface area contributed by atoms with Gasteiger partial charge in [0.05, 0.1) is 8.16 Å². The van der Waals surface area contributed by atoms with Crippen molar-refractivity contribution in [1.29, 1.82) is 0 Å². The van der Waals surface area contributed by atoms with E-state index in [1.807, 2.05) is 0 Å². The molecule has 0 nitrogen and oxygen atoms in total. The SMILES string of the molecule is C1CCCCCC2(CCCCC3(CCCC1)SCCCS3)SCCCS2. The molecule has 3 aliphatic rings. The molecule has 2 saturated heterocycles. The third kappa shape index (κ3) is 7.34. The van der Waals surface area contributed by atoms with E-state index >= 15 is 0 Å². The number of hydrogen-bond donors (Lipinski definition) is 0. The molecule has 2 aliphatic heterocycles. The molecule has 0 aromatic rings. The summed E-state index contributed by atoms with van der Waals surface area (Å²) in [7, 11) is 0. The minimum Gasteiger partial charge on any atom is -0.144 e. The second-order valence-electron chi connectivity index (χ2n) is 8.46. The second-order valence-corrected chi connectivity index (χ2v) is 14.9. The number of thioether (sulfide) groups is 4.